The van der Waals surface area contributed by atoms with E-state index in [0.717, 1.165) is 75.6 Å². The minimum absolute atomic E-state index is 0.205. The van der Waals surface area contributed by atoms with Gasteiger partial charge >= 0.3 is 0 Å². The van der Waals surface area contributed by atoms with Crippen LogP contribution < -0.4 is 4.90 Å². The van der Waals surface area contributed by atoms with E-state index in [1.54, 1.807) is 12.3 Å². The lowest BCUT2D eigenvalue weighted by Crippen LogP contribution is -2.49. The lowest BCUT2D eigenvalue weighted by atomic mass is 10.1. The summed E-state index contributed by atoms with van der Waals surface area (Å²) in [5.74, 6) is 0.485. The summed E-state index contributed by atoms with van der Waals surface area (Å²) in [6, 6.07) is 4.19. The van der Waals surface area contributed by atoms with E-state index in [9.17, 15) is 20.1 Å². The van der Waals surface area contributed by atoms with Crippen LogP contribution in [0.3, 0.4) is 0 Å². The predicted octanol–water partition coefficient (Wildman–Crippen LogP) is 5.33. The molecule has 10 heteroatoms. The van der Waals surface area contributed by atoms with E-state index < -0.39 is 11.0 Å². The molecule has 0 aromatic carbocycles. The first-order valence-corrected chi connectivity index (χ1v) is 14.1. The van der Waals surface area contributed by atoms with Gasteiger partial charge in [-0.2, -0.15) is 0 Å². The minimum atomic E-state index is -0.729. The summed E-state index contributed by atoms with van der Waals surface area (Å²) in [6.07, 6.45) is 14.5. The van der Waals surface area contributed by atoms with Crippen LogP contribution in [-0.2, 0) is 4.84 Å². The topological polar surface area (TPSA) is 112 Å². The highest BCUT2D eigenvalue weighted by Crippen LogP contribution is 2.16. The number of hydrogen-bond acceptors (Lipinski definition) is 8. The number of hydrogen-bond donors (Lipinski definition) is 1. The number of amides is 1. The van der Waals surface area contributed by atoms with Crippen LogP contribution in [0, 0.1) is 10.1 Å². The summed E-state index contributed by atoms with van der Waals surface area (Å²) in [5.41, 5.74) is 0.414. The zero-order valence-corrected chi connectivity index (χ0v) is 22.9. The summed E-state index contributed by atoms with van der Waals surface area (Å²) in [6.45, 7) is 8.85. The number of rotatable bonds is 19. The molecule has 10 nitrogen and oxygen atoms in total. The van der Waals surface area contributed by atoms with Gasteiger partial charge in [0, 0.05) is 45.0 Å². The minimum Gasteiger partial charge on any atom is -0.354 e. The molecule has 1 aromatic heterocycles. The Morgan fingerprint density at radius 3 is 2.00 bits per heavy atom. The van der Waals surface area contributed by atoms with Gasteiger partial charge < -0.3 is 9.74 Å². The smallest absolute Gasteiger partial charge is 0.294 e. The first kappa shape index (κ1) is 30.8. The Morgan fingerprint density at radius 1 is 0.973 bits per heavy atom. The first-order valence-electron chi connectivity index (χ1n) is 14.1. The molecule has 1 aliphatic heterocycles. The van der Waals surface area contributed by atoms with Crippen LogP contribution >= 0.6 is 0 Å². The molecule has 1 aliphatic rings. The molecule has 210 valence electrons. The molecule has 1 saturated heterocycles. The molecule has 0 radical (unpaired) electrons. The molecule has 1 amide bonds. The third-order valence-corrected chi connectivity index (χ3v) is 7.06. The number of piperazine rings is 1. The van der Waals surface area contributed by atoms with E-state index in [4.69, 9.17) is 0 Å². The second-order valence-corrected chi connectivity index (χ2v) is 10.2. The van der Waals surface area contributed by atoms with Gasteiger partial charge in [0.05, 0.1) is 12.2 Å². The third-order valence-electron chi connectivity index (χ3n) is 7.06. The van der Waals surface area contributed by atoms with Crippen molar-refractivity contribution in [1.82, 2.24) is 14.9 Å². The molecule has 2 heterocycles. The van der Waals surface area contributed by atoms with Crippen LogP contribution in [0.5, 0.6) is 0 Å². The van der Waals surface area contributed by atoms with Gasteiger partial charge in [-0.3, -0.25) is 14.9 Å². The van der Waals surface area contributed by atoms with Crippen LogP contribution in [0.25, 0.3) is 0 Å². The van der Waals surface area contributed by atoms with Crippen molar-refractivity contribution in [2.75, 3.05) is 44.2 Å². The monoisotopic (exact) mass is 521 g/mol. The van der Waals surface area contributed by atoms with Crippen LogP contribution in [0.4, 0.5) is 5.82 Å². The maximum absolute atomic E-state index is 12.5. The summed E-state index contributed by atoms with van der Waals surface area (Å²) >= 11 is 0. The number of carbonyl (C=O) groups is 1. The Bertz CT molecular complexity index is 769. The SMILES string of the molecule is CC(C)N1CCN(c2ccc(C(=O)N(O)CCCCCCCCCCCCCCO[N+](=O)[O-])cn2)CC1. The second-order valence-electron chi connectivity index (χ2n) is 10.2. The summed E-state index contributed by atoms with van der Waals surface area (Å²) in [4.78, 5) is 36.0. The Hall–Kier alpha value is -2.46. The fraction of sp³-hybridized carbons (Fsp3) is 0.778. The van der Waals surface area contributed by atoms with E-state index in [0.29, 0.717) is 18.2 Å². The van der Waals surface area contributed by atoms with E-state index >= 15 is 0 Å². The molecule has 2 rings (SSSR count). The first-order chi connectivity index (χ1) is 17.9. The molecule has 0 aliphatic carbocycles. The summed E-state index contributed by atoms with van der Waals surface area (Å²) in [7, 11) is 0. The van der Waals surface area contributed by atoms with Crippen molar-refractivity contribution in [2.45, 2.75) is 96.9 Å². The molecule has 0 spiro atoms. The highest BCUT2D eigenvalue weighted by atomic mass is 16.9. The molecule has 0 atom stereocenters. The molecule has 1 N–H and O–H groups in total. The quantitative estimate of drug-likeness (QED) is 0.112. The Kier molecular flexibility index (Phi) is 14.9. The normalized spacial score (nSPS) is 14.2. The molecule has 0 bridgehead atoms. The average Bonchev–Trinajstić information content (AvgIpc) is 2.90. The number of aromatic nitrogens is 1. The van der Waals surface area contributed by atoms with Gasteiger partial charge in [-0.15, -0.1) is 10.1 Å². The van der Waals surface area contributed by atoms with Crippen molar-refractivity contribution in [1.29, 1.82) is 0 Å². The Morgan fingerprint density at radius 2 is 1.51 bits per heavy atom. The van der Waals surface area contributed by atoms with E-state index in [1.165, 1.54) is 38.5 Å². The Balaban J connectivity index is 1.47. The number of nitrogens with zero attached hydrogens (tertiary/aromatic N) is 5. The summed E-state index contributed by atoms with van der Waals surface area (Å²) < 4.78 is 0. The van der Waals surface area contributed by atoms with E-state index in [-0.39, 0.29) is 6.61 Å². The third kappa shape index (κ3) is 12.6. The number of anilines is 1. The molecular weight excluding hydrogens is 474 g/mol. The van der Waals surface area contributed by atoms with Crippen molar-refractivity contribution in [3.05, 3.63) is 34.0 Å². The zero-order chi connectivity index (χ0) is 26.9. The number of pyridine rings is 1. The van der Waals surface area contributed by atoms with Crippen molar-refractivity contribution in [2.24, 2.45) is 0 Å². The molecule has 37 heavy (non-hydrogen) atoms. The number of hydroxylamine groups is 2. The van der Waals surface area contributed by atoms with E-state index in [2.05, 4.69) is 33.5 Å². The van der Waals surface area contributed by atoms with Gasteiger partial charge in [-0.1, -0.05) is 64.2 Å². The number of unbranched alkanes of at least 4 members (excludes halogenated alkanes) is 11. The van der Waals surface area contributed by atoms with Crippen molar-refractivity contribution < 1.29 is 19.9 Å². The number of carbonyl (C=O) groups excluding carboxylic acids is 1. The Labute approximate surface area is 222 Å². The van der Waals surface area contributed by atoms with Crippen LogP contribution in [0.1, 0.15) is 101 Å². The maximum atomic E-state index is 12.5. The fourth-order valence-electron chi connectivity index (χ4n) is 4.69. The van der Waals surface area contributed by atoms with Crippen LogP contribution in [0.15, 0.2) is 18.3 Å². The van der Waals surface area contributed by atoms with Crippen LogP contribution in [-0.4, -0.2) is 76.5 Å². The fourth-order valence-corrected chi connectivity index (χ4v) is 4.69. The lowest BCUT2D eigenvalue weighted by Gasteiger charge is -2.37. The van der Waals surface area contributed by atoms with Crippen molar-refractivity contribution >= 4 is 11.7 Å². The molecule has 0 unspecified atom stereocenters. The molecule has 1 fully saturated rings. The average molecular weight is 522 g/mol. The van der Waals surface area contributed by atoms with Gasteiger partial charge in [-0.25, -0.2) is 10.0 Å². The van der Waals surface area contributed by atoms with Crippen molar-refractivity contribution in [3.63, 3.8) is 0 Å². The van der Waals surface area contributed by atoms with Gasteiger partial charge in [0.1, 0.15) is 5.82 Å². The van der Waals surface area contributed by atoms with Gasteiger partial charge in [-0.05, 0) is 38.8 Å². The van der Waals surface area contributed by atoms with Crippen LogP contribution in [0.2, 0.25) is 0 Å². The van der Waals surface area contributed by atoms with Gasteiger partial charge in [0.15, 0.2) is 0 Å². The maximum Gasteiger partial charge on any atom is 0.294 e. The lowest BCUT2D eigenvalue weighted by molar-refractivity contribution is -0.757. The second kappa shape index (κ2) is 17.9. The largest absolute Gasteiger partial charge is 0.354 e. The molecular formula is C27H47N5O5. The highest BCUT2D eigenvalue weighted by Gasteiger charge is 2.20. The highest BCUT2D eigenvalue weighted by molar-refractivity contribution is 5.93. The standard InChI is InChI=1S/C27H47N5O5/c1-24(2)29-18-20-30(21-19-29)26-16-15-25(23-28-26)27(33)31(34)17-13-11-9-7-5-3-4-6-8-10-12-14-22-37-32(35)36/h15-16,23-24,34H,3-14,17-22H2,1-2H3. The van der Waals surface area contributed by atoms with Gasteiger partial charge in [0.2, 0.25) is 0 Å². The zero-order valence-electron chi connectivity index (χ0n) is 22.9. The molecule has 0 saturated carbocycles. The van der Waals surface area contributed by atoms with Crippen molar-refractivity contribution in [3.8, 4) is 0 Å². The molecule has 1 aromatic rings. The van der Waals surface area contributed by atoms with Gasteiger partial charge in [0.25, 0.3) is 11.0 Å². The summed E-state index contributed by atoms with van der Waals surface area (Å²) in [5, 5.41) is 20.3. The predicted molar refractivity (Wildman–Crippen MR) is 144 cm³/mol. The van der Waals surface area contributed by atoms with E-state index in [1.807, 2.05) is 6.07 Å².